The Hall–Kier alpha value is -2.34. The standard InChI is InChI=1S/C15H14BrN3O2/c1-9-7-11(16)5-6-13(9)19-14(20)10-3-2-4-12(8-10)18-15(17)21/h2-8H,1H3,(H,19,20)(H3,17,18,21). The van der Waals surface area contributed by atoms with Crippen LogP contribution in [0.2, 0.25) is 0 Å². The topological polar surface area (TPSA) is 84.2 Å². The lowest BCUT2D eigenvalue weighted by Crippen LogP contribution is -2.20. The summed E-state index contributed by atoms with van der Waals surface area (Å²) < 4.78 is 0.950. The van der Waals surface area contributed by atoms with Crippen molar-refractivity contribution >= 4 is 39.2 Å². The number of amides is 3. The minimum atomic E-state index is -0.670. The summed E-state index contributed by atoms with van der Waals surface area (Å²) in [6.07, 6.45) is 0. The van der Waals surface area contributed by atoms with Gasteiger partial charge in [-0.15, -0.1) is 0 Å². The quantitative estimate of drug-likeness (QED) is 0.793. The van der Waals surface area contributed by atoms with Crippen LogP contribution in [0.15, 0.2) is 46.9 Å². The molecule has 0 heterocycles. The minimum Gasteiger partial charge on any atom is -0.351 e. The van der Waals surface area contributed by atoms with E-state index in [1.165, 1.54) is 0 Å². The van der Waals surface area contributed by atoms with Gasteiger partial charge in [0.05, 0.1) is 0 Å². The molecule has 21 heavy (non-hydrogen) atoms. The molecule has 0 atom stereocenters. The van der Waals surface area contributed by atoms with E-state index >= 15 is 0 Å². The van der Waals surface area contributed by atoms with Crippen LogP contribution in [-0.4, -0.2) is 11.9 Å². The molecule has 0 radical (unpaired) electrons. The number of halogens is 1. The highest BCUT2D eigenvalue weighted by Crippen LogP contribution is 2.21. The minimum absolute atomic E-state index is 0.256. The lowest BCUT2D eigenvalue weighted by molar-refractivity contribution is 0.102. The third kappa shape index (κ3) is 4.06. The third-order valence-corrected chi connectivity index (χ3v) is 3.32. The molecule has 0 saturated heterocycles. The maximum Gasteiger partial charge on any atom is 0.316 e. The number of hydrogen-bond donors (Lipinski definition) is 3. The van der Waals surface area contributed by atoms with Crippen molar-refractivity contribution in [3.8, 4) is 0 Å². The number of hydrogen-bond acceptors (Lipinski definition) is 2. The van der Waals surface area contributed by atoms with Gasteiger partial charge in [0.15, 0.2) is 0 Å². The molecule has 0 aliphatic carbocycles. The maximum atomic E-state index is 12.2. The average Bonchev–Trinajstić information content (AvgIpc) is 2.41. The van der Waals surface area contributed by atoms with Gasteiger partial charge in [0.2, 0.25) is 0 Å². The van der Waals surface area contributed by atoms with Crippen LogP contribution < -0.4 is 16.4 Å². The predicted octanol–water partition coefficient (Wildman–Crippen LogP) is 3.50. The number of nitrogens with two attached hydrogens (primary N) is 1. The number of carbonyl (C=O) groups is 2. The number of primary amides is 1. The highest BCUT2D eigenvalue weighted by atomic mass is 79.9. The Labute approximate surface area is 130 Å². The SMILES string of the molecule is Cc1cc(Br)ccc1NC(=O)c1cccc(NC(N)=O)c1. The zero-order valence-corrected chi connectivity index (χ0v) is 12.9. The van der Waals surface area contributed by atoms with E-state index in [2.05, 4.69) is 26.6 Å². The van der Waals surface area contributed by atoms with Gasteiger partial charge in [0.25, 0.3) is 5.91 Å². The summed E-state index contributed by atoms with van der Waals surface area (Å²) in [5.41, 5.74) is 7.64. The van der Waals surface area contributed by atoms with Crippen molar-refractivity contribution in [2.24, 2.45) is 5.73 Å². The first-order valence-electron chi connectivity index (χ1n) is 6.20. The maximum absolute atomic E-state index is 12.2. The number of benzene rings is 2. The Balaban J connectivity index is 2.18. The van der Waals surface area contributed by atoms with Gasteiger partial charge >= 0.3 is 6.03 Å². The molecule has 6 heteroatoms. The lowest BCUT2D eigenvalue weighted by atomic mass is 10.1. The molecule has 4 N–H and O–H groups in total. The van der Waals surface area contributed by atoms with E-state index in [1.54, 1.807) is 24.3 Å². The van der Waals surface area contributed by atoms with Crippen LogP contribution in [0.4, 0.5) is 16.2 Å². The molecular weight excluding hydrogens is 334 g/mol. The summed E-state index contributed by atoms with van der Waals surface area (Å²) in [7, 11) is 0. The fourth-order valence-electron chi connectivity index (χ4n) is 1.84. The van der Waals surface area contributed by atoms with Crippen LogP contribution in [0.5, 0.6) is 0 Å². The first-order valence-corrected chi connectivity index (χ1v) is 6.99. The lowest BCUT2D eigenvalue weighted by Gasteiger charge is -2.10. The van der Waals surface area contributed by atoms with E-state index in [0.717, 1.165) is 15.7 Å². The van der Waals surface area contributed by atoms with Gasteiger partial charge in [-0.1, -0.05) is 22.0 Å². The molecule has 0 saturated carbocycles. The van der Waals surface area contributed by atoms with Crippen LogP contribution in [0, 0.1) is 6.92 Å². The normalized spacial score (nSPS) is 10.0. The Bertz CT molecular complexity index is 701. The fraction of sp³-hybridized carbons (Fsp3) is 0.0667. The Morgan fingerprint density at radius 1 is 1.10 bits per heavy atom. The first kappa shape index (κ1) is 15.1. The molecule has 3 amide bonds. The molecule has 2 aromatic carbocycles. The van der Waals surface area contributed by atoms with Crippen LogP contribution in [0.25, 0.3) is 0 Å². The van der Waals surface area contributed by atoms with Gasteiger partial charge in [0.1, 0.15) is 0 Å². The van der Waals surface area contributed by atoms with Crippen LogP contribution in [0.3, 0.4) is 0 Å². The van der Waals surface area contributed by atoms with Crippen LogP contribution in [0.1, 0.15) is 15.9 Å². The summed E-state index contributed by atoms with van der Waals surface area (Å²) >= 11 is 3.38. The second-order valence-electron chi connectivity index (χ2n) is 4.48. The Morgan fingerprint density at radius 3 is 2.52 bits per heavy atom. The van der Waals surface area contributed by atoms with Crippen molar-refractivity contribution in [3.05, 3.63) is 58.1 Å². The van der Waals surface area contributed by atoms with Gasteiger partial charge in [-0.05, 0) is 48.9 Å². The number of aryl methyl sites for hydroxylation is 1. The molecule has 0 aliphatic heterocycles. The van der Waals surface area contributed by atoms with E-state index in [4.69, 9.17) is 5.73 Å². The Morgan fingerprint density at radius 2 is 1.86 bits per heavy atom. The summed E-state index contributed by atoms with van der Waals surface area (Å²) in [6.45, 7) is 1.91. The van der Waals surface area contributed by atoms with Gasteiger partial charge in [-0.2, -0.15) is 0 Å². The van der Waals surface area contributed by atoms with Gasteiger partial charge in [0, 0.05) is 21.4 Å². The Kier molecular flexibility index (Phi) is 4.59. The smallest absolute Gasteiger partial charge is 0.316 e. The van der Waals surface area contributed by atoms with Crippen molar-refractivity contribution in [1.82, 2.24) is 0 Å². The third-order valence-electron chi connectivity index (χ3n) is 2.83. The summed E-state index contributed by atoms with van der Waals surface area (Å²) in [6, 6.07) is 11.5. The zero-order chi connectivity index (χ0) is 15.4. The second-order valence-corrected chi connectivity index (χ2v) is 5.40. The van der Waals surface area contributed by atoms with Crippen molar-refractivity contribution in [2.45, 2.75) is 6.92 Å². The molecule has 5 nitrogen and oxygen atoms in total. The largest absolute Gasteiger partial charge is 0.351 e. The first-order chi connectivity index (χ1) is 9.95. The highest BCUT2D eigenvalue weighted by Gasteiger charge is 2.09. The van der Waals surface area contributed by atoms with E-state index in [-0.39, 0.29) is 5.91 Å². The molecule has 0 aliphatic rings. The number of nitrogens with one attached hydrogen (secondary N) is 2. The molecule has 2 aromatic rings. The van der Waals surface area contributed by atoms with Gasteiger partial charge in [-0.25, -0.2) is 4.79 Å². The summed E-state index contributed by atoms with van der Waals surface area (Å²) in [5.74, 6) is -0.256. The summed E-state index contributed by atoms with van der Waals surface area (Å²) in [5, 5.41) is 5.27. The molecule has 0 unspecified atom stereocenters. The summed E-state index contributed by atoms with van der Waals surface area (Å²) in [4.78, 5) is 23.0. The monoisotopic (exact) mass is 347 g/mol. The van der Waals surface area contributed by atoms with Crippen LogP contribution >= 0.6 is 15.9 Å². The average molecular weight is 348 g/mol. The molecule has 108 valence electrons. The number of rotatable bonds is 3. The molecule has 0 aromatic heterocycles. The number of urea groups is 1. The molecule has 0 spiro atoms. The van der Waals surface area contributed by atoms with E-state index in [1.807, 2.05) is 25.1 Å². The van der Waals surface area contributed by atoms with Gasteiger partial charge < -0.3 is 16.4 Å². The number of anilines is 2. The van der Waals surface area contributed by atoms with Crippen molar-refractivity contribution in [3.63, 3.8) is 0 Å². The molecular formula is C15H14BrN3O2. The van der Waals surface area contributed by atoms with Gasteiger partial charge in [-0.3, -0.25) is 4.79 Å². The van der Waals surface area contributed by atoms with Crippen LogP contribution in [-0.2, 0) is 0 Å². The molecule has 0 fully saturated rings. The fourth-order valence-corrected chi connectivity index (χ4v) is 2.32. The van der Waals surface area contributed by atoms with E-state index < -0.39 is 6.03 Å². The molecule has 2 rings (SSSR count). The highest BCUT2D eigenvalue weighted by molar-refractivity contribution is 9.10. The second kappa shape index (κ2) is 6.41. The van der Waals surface area contributed by atoms with Crippen molar-refractivity contribution in [1.29, 1.82) is 0 Å². The predicted molar refractivity (Wildman–Crippen MR) is 86.5 cm³/mol. The number of carbonyl (C=O) groups excluding carboxylic acids is 2. The van der Waals surface area contributed by atoms with Crippen molar-refractivity contribution in [2.75, 3.05) is 10.6 Å². The van der Waals surface area contributed by atoms with E-state index in [0.29, 0.717) is 11.3 Å². The van der Waals surface area contributed by atoms with Crippen molar-refractivity contribution < 1.29 is 9.59 Å². The zero-order valence-electron chi connectivity index (χ0n) is 11.3. The molecule has 0 bridgehead atoms. The van der Waals surface area contributed by atoms with E-state index in [9.17, 15) is 9.59 Å².